The Balaban J connectivity index is 1.71. The molecular formula is C26H23N5O3. The number of furan rings is 1. The summed E-state index contributed by atoms with van der Waals surface area (Å²) < 4.78 is 8.38. The number of carbonyl (C=O) groups is 1. The molecule has 34 heavy (non-hydrogen) atoms. The average molecular weight is 454 g/mol. The van der Waals surface area contributed by atoms with Gasteiger partial charge >= 0.3 is 0 Å². The van der Waals surface area contributed by atoms with Gasteiger partial charge < -0.3 is 14.3 Å². The number of rotatable bonds is 5. The number of benzene rings is 1. The van der Waals surface area contributed by atoms with E-state index < -0.39 is 5.91 Å². The maximum atomic E-state index is 13.4. The van der Waals surface area contributed by atoms with Gasteiger partial charge in [0.15, 0.2) is 0 Å². The van der Waals surface area contributed by atoms with Crippen molar-refractivity contribution in [2.45, 2.75) is 26.9 Å². The van der Waals surface area contributed by atoms with E-state index in [-0.39, 0.29) is 28.5 Å². The van der Waals surface area contributed by atoms with E-state index in [0.29, 0.717) is 23.6 Å². The van der Waals surface area contributed by atoms with Crippen molar-refractivity contribution in [1.29, 1.82) is 5.41 Å². The number of aromatic nitrogens is 3. The molecule has 0 atom stereocenters. The van der Waals surface area contributed by atoms with Crippen molar-refractivity contribution in [3.8, 4) is 0 Å². The highest BCUT2D eigenvalue weighted by molar-refractivity contribution is 5.96. The number of hydrogen-bond donors (Lipinski definition) is 2. The normalized spacial score (nSPS) is 11.2. The fourth-order valence-corrected chi connectivity index (χ4v) is 3.98. The van der Waals surface area contributed by atoms with Crippen molar-refractivity contribution in [3.05, 3.63) is 111 Å². The van der Waals surface area contributed by atoms with E-state index in [4.69, 9.17) is 14.8 Å². The molecule has 1 amide bonds. The molecule has 0 aliphatic rings. The van der Waals surface area contributed by atoms with Crippen LogP contribution in [0.15, 0.2) is 76.3 Å². The number of pyridine rings is 2. The summed E-state index contributed by atoms with van der Waals surface area (Å²) in [4.78, 5) is 31.2. The van der Waals surface area contributed by atoms with Gasteiger partial charge in [-0.15, -0.1) is 0 Å². The van der Waals surface area contributed by atoms with Gasteiger partial charge in [-0.05, 0) is 49.2 Å². The second-order valence-electron chi connectivity index (χ2n) is 8.28. The smallest absolute Gasteiger partial charge is 0.267 e. The molecule has 5 aromatic rings. The van der Waals surface area contributed by atoms with Gasteiger partial charge in [-0.1, -0.05) is 35.9 Å². The fraction of sp³-hybridized carbons (Fsp3) is 0.154. The Morgan fingerprint density at radius 2 is 1.88 bits per heavy atom. The monoisotopic (exact) mass is 453 g/mol. The van der Waals surface area contributed by atoms with Crippen LogP contribution in [0.2, 0.25) is 0 Å². The average Bonchev–Trinajstić information content (AvgIpc) is 3.35. The van der Waals surface area contributed by atoms with Crippen LogP contribution in [0.4, 0.5) is 0 Å². The van der Waals surface area contributed by atoms with Crippen LogP contribution >= 0.6 is 0 Å². The maximum absolute atomic E-state index is 13.4. The number of aryl methyl sites for hydroxylation is 2. The van der Waals surface area contributed by atoms with Crippen LogP contribution < -0.4 is 16.4 Å². The summed E-state index contributed by atoms with van der Waals surface area (Å²) in [6.45, 7) is 4.36. The number of amides is 1. The lowest BCUT2D eigenvalue weighted by molar-refractivity contribution is 0.0945. The summed E-state index contributed by atoms with van der Waals surface area (Å²) in [6, 6.07) is 16.5. The Morgan fingerprint density at radius 1 is 1.09 bits per heavy atom. The van der Waals surface area contributed by atoms with Gasteiger partial charge in [0.05, 0.1) is 30.3 Å². The fourth-order valence-electron chi connectivity index (χ4n) is 3.98. The highest BCUT2D eigenvalue weighted by atomic mass is 16.3. The predicted octanol–water partition coefficient (Wildman–Crippen LogP) is 3.32. The van der Waals surface area contributed by atoms with Gasteiger partial charge in [-0.3, -0.25) is 19.4 Å². The van der Waals surface area contributed by atoms with Crippen molar-refractivity contribution >= 4 is 22.6 Å². The molecule has 0 saturated carbocycles. The molecule has 0 spiro atoms. The second kappa shape index (κ2) is 8.47. The topological polar surface area (TPSA) is 105 Å². The molecule has 4 heterocycles. The Morgan fingerprint density at radius 3 is 2.62 bits per heavy atom. The first-order valence-electron chi connectivity index (χ1n) is 10.9. The molecule has 0 bridgehead atoms. The van der Waals surface area contributed by atoms with E-state index in [2.05, 4.69) is 5.32 Å². The number of nitrogens with zero attached hydrogens (tertiary/aromatic N) is 3. The Kier molecular flexibility index (Phi) is 5.33. The third-order valence-corrected chi connectivity index (χ3v) is 5.84. The standard InChI is InChI=1S/C26H23N5O3/c1-16-7-9-18(10-8-16)15-31-22(27)20(25(32)28-14-19-6-4-12-34-19)13-21-24(31)29-23-17(2)5-3-11-30(23)26(21)33/h3-13,27H,14-15H2,1-2H3,(H,28,32). The summed E-state index contributed by atoms with van der Waals surface area (Å²) in [5, 5.41) is 11.9. The highest BCUT2D eigenvalue weighted by Crippen LogP contribution is 2.15. The van der Waals surface area contributed by atoms with E-state index in [0.717, 1.165) is 16.7 Å². The van der Waals surface area contributed by atoms with Crippen molar-refractivity contribution in [3.63, 3.8) is 0 Å². The molecular weight excluding hydrogens is 430 g/mol. The van der Waals surface area contributed by atoms with Crippen LogP contribution in [0.3, 0.4) is 0 Å². The molecule has 170 valence electrons. The molecule has 8 heteroatoms. The zero-order chi connectivity index (χ0) is 23.8. The summed E-state index contributed by atoms with van der Waals surface area (Å²) in [7, 11) is 0. The molecule has 2 N–H and O–H groups in total. The van der Waals surface area contributed by atoms with Gasteiger partial charge in [-0.2, -0.15) is 0 Å². The number of nitrogens with one attached hydrogen (secondary N) is 2. The highest BCUT2D eigenvalue weighted by Gasteiger charge is 2.18. The van der Waals surface area contributed by atoms with Gasteiger partial charge in [0.2, 0.25) is 0 Å². The van der Waals surface area contributed by atoms with E-state index >= 15 is 0 Å². The lowest BCUT2D eigenvalue weighted by Gasteiger charge is -2.15. The quantitative estimate of drug-likeness (QED) is 0.398. The van der Waals surface area contributed by atoms with Crippen LogP contribution in [0.1, 0.15) is 32.8 Å². The van der Waals surface area contributed by atoms with E-state index in [1.165, 1.54) is 16.7 Å². The summed E-state index contributed by atoms with van der Waals surface area (Å²) >= 11 is 0. The zero-order valence-electron chi connectivity index (χ0n) is 18.8. The Bertz CT molecular complexity index is 1650. The Labute approximate surface area is 194 Å². The SMILES string of the molecule is Cc1ccc(Cn2c(=N)c(C(=O)NCc3ccco3)cc3c(=O)n4cccc(C)c4nc32)cc1. The molecule has 0 aliphatic heterocycles. The molecule has 4 aromatic heterocycles. The zero-order valence-corrected chi connectivity index (χ0v) is 18.8. The molecule has 0 radical (unpaired) electrons. The molecule has 0 saturated heterocycles. The molecule has 8 nitrogen and oxygen atoms in total. The first-order valence-corrected chi connectivity index (χ1v) is 10.9. The minimum atomic E-state index is -0.463. The van der Waals surface area contributed by atoms with Crippen molar-refractivity contribution in [2.75, 3.05) is 0 Å². The van der Waals surface area contributed by atoms with E-state index in [1.54, 1.807) is 29.0 Å². The molecule has 0 aliphatic carbocycles. The van der Waals surface area contributed by atoms with Crippen LogP contribution in [0, 0.1) is 19.3 Å². The van der Waals surface area contributed by atoms with Gasteiger partial charge in [0.1, 0.15) is 22.5 Å². The second-order valence-corrected chi connectivity index (χ2v) is 8.28. The molecule has 5 rings (SSSR count). The summed E-state index contributed by atoms with van der Waals surface area (Å²) in [5.74, 6) is 0.131. The van der Waals surface area contributed by atoms with Crippen LogP contribution in [-0.2, 0) is 13.1 Å². The van der Waals surface area contributed by atoms with Gasteiger partial charge in [0.25, 0.3) is 11.5 Å². The van der Waals surface area contributed by atoms with Crippen molar-refractivity contribution in [2.24, 2.45) is 0 Å². The molecule has 0 fully saturated rings. The lowest BCUT2D eigenvalue weighted by atomic mass is 10.1. The van der Waals surface area contributed by atoms with Crippen LogP contribution in [0.5, 0.6) is 0 Å². The minimum absolute atomic E-state index is 0.0187. The van der Waals surface area contributed by atoms with E-state index in [9.17, 15) is 9.59 Å². The largest absolute Gasteiger partial charge is 0.467 e. The summed E-state index contributed by atoms with van der Waals surface area (Å²) in [5.41, 5.74) is 3.57. The third kappa shape index (κ3) is 3.79. The Hall–Kier alpha value is -4.46. The molecule has 0 unspecified atom stereocenters. The molecule has 1 aromatic carbocycles. The van der Waals surface area contributed by atoms with Gasteiger partial charge in [0, 0.05) is 6.20 Å². The first-order chi connectivity index (χ1) is 16.4. The number of carbonyl (C=O) groups excluding carboxylic acids is 1. The number of fused-ring (bicyclic) bond motifs is 2. The van der Waals surface area contributed by atoms with Crippen molar-refractivity contribution in [1.82, 2.24) is 19.3 Å². The van der Waals surface area contributed by atoms with Crippen molar-refractivity contribution < 1.29 is 9.21 Å². The maximum Gasteiger partial charge on any atom is 0.267 e. The lowest BCUT2D eigenvalue weighted by Crippen LogP contribution is -2.35. The summed E-state index contributed by atoms with van der Waals surface area (Å²) in [6.07, 6.45) is 3.19. The van der Waals surface area contributed by atoms with E-state index in [1.807, 2.05) is 44.2 Å². The third-order valence-electron chi connectivity index (χ3n) is 5.84. The van der Waals surface area contributed by atoms with Gasteiger partial charge in [-0.25, -0.2) is 4.98 Å². The minimum Gasteiger partial charge on any atom is -0.467 e. The number of hydrogen-bond acceptors (Lipinski definition) is 5. The van der Waals surface area contributed by atoms with Crippen LogP contribution in [0.25, 0.3) is 16.7 Å². The first kappa shape index (κ1) is 21.4. The predicted molar refractivity (Wildman–Crippen MR) is 128 cm³/mol. The van der Waals surface area contributed by atoms with Crippen LogP contribution in [-0.4, -0.2) is 19.9 Å².